The summed E-state index contributed by atoms with van der Waals surface area (Å²) in [6.45, 7) is 0.441. The molecule has 0 atom stereocenters. The maximum Gasteiger partial charge on any atom is 0.243 e. The number of nitrogens with zero attached hydrogens (tertiary/aromatic N) is 1. The van der Waals surface area contributed by atoms with Gasteiger partial charge in [-0.25, -0.2) is 8.78 Å². The Morgan fingerprint density at radius 1 is 1.08 bits per heavy atom. The van der Waals surface area contributed by atoms with Crippen molar-refractivity contribution in [3.8, 4) is 0 Å². The zero-order valence-electron chi connectivity index (χ0n) is 13.4. The van der Waals surface area contributed by atoms with Crippen LogP contribution in [0, 0.1) is 11.6 Å². The molecule has 5 nitrogen and oxygen atoms in total. The van der Waals surface area contributed by atoms with E-state index in [2.05, 4.69) is 10.6 Å². The van der Waals surface area contributed by atoms with E-state index in [1.165, 1.54) is 6.07 Å². The van der Waals surface area contributed by atoms with Gasteiger partial charge in [-0.3, -0.25) is 9.59 Å². The summed E-state index contributed by atoms with van der Waals surface area (Å²) in [5, 5.41) is 5.13. The smallest absolute Gasteiger partial charge is 0.243 e. The Kier molecular flexibility index (Phi) is 4.92. The summed E-state index contributed by atoms with van der Waals surface area (Å²) >= 11 is 0. The van der Waals surface area contributed by atoms with E-state index in [1.54, 1.807) is 29.2 Å². The lowest BCUT2D eigenvalue weighted by Crippen LogP contribution is -2.27. The number of carbonyl (C=O) groups is 2. The van der Waals surface area contributed by atoms with E-state index in [1.807, 2.05) is 0 Å². The van der Waals surface area contributed by atoms with Crippen LogP contribution in [0.3, 0.4) is 0 Å². The molecule has 0 bridgehead atoms. The van der Waals surface area contributed by atoms with Crippen molar-refractivity contribution in [2.45, 2.75) is 12.8 Å². The minimum Gasteiger partial charge on any atom is -0.374 e. The quantitative estimate of drug-likeness (QED) is 0.875. The molecule has 2 aromatic rings. The van der Waals surface area contributed by atoms with Gasteiger partial charge in [0.15, 0.2) is 0 Å². The van der Waals surface area contributed by atoms with E-state index >= 15 is 0 Å². The standard InChI is InChI=1S/C18H17F2N3O2/c19-12-5-3-6-13(20)18(12)22-16(24)11-21-14-7-1-2-8-15(14)23-10-4-9-17(23)25/h1-3,5-8,21H,4,9-11H2,(H,22,24). The molecular weight excluding hydrogens is 328 g/mol. The van der Waals surface area contributed by atoms with Crippen molar-refractivity contribution in [1.82, 2.24) is 0 Å². The lowest BCUT2D eigenvalue weighted by molar-refractivity contribution is -0.117. The van der Waals surface area contributed by atoms with Gasteiger partial charge in [-0.1, -0.05) is 18.2 Å². The first kappa shape index (κ1) is 16.9. The summed E-state index contributed by atoms with van der Waals surface area (Å²) in [6.07, 6.45) is 1.29. The van der Waals surface area contributed by atoms with Gasteiger partial charge in [0.1, 0.15) is 17.3 Å². The molecule has 1 saturated heterocycles. The maximum atomic E-state index is 13.6. The SMILES string of the molecule is O=C(CNc1ccccc1N1CCCC1=O)Nc1c(F)cccc1F. The number of hydrogen-bond acceptors (Lipinski definition) is 3. The molecule has 3 rings (SSSR count). The number of rotatable bonds is 5. The average molecular weight is 345 g/mol. The van der Waals surface area contributed by atoms with Crippen molar-refractivity contribution < 1.29 is 18.4 Å². The molecule has 0 saturated carbocycles. The van der Waals surface area contributed by atoms with Crippen LogP contribution in [-0.2, 0) is 9.59 Å². The molecule has 0 unspecified atom stereocenters. The van der Waals surface area contributed by atoms with Crippen molar-refractivity contribution >= 4 is 28.9 Å². The number of amides is 2. The Labute approximate surface area is 143 Å². The highest BCUT2D eigenvalue weighted by Crippen LogP contribution is 2.29. The van der Waals surface area contributed by atoms with Crippen LogP contribution in [0.1, 0.15) is 12.8 Å². The molecule has 1 heterocycles. The fourth-order valence-corrected chi connectivity index (χ4v) is 2.74. The molecular formula is C18H17F2N3O2. The first-order valence-corrected chi connectivity index (χ1v) is 7.93. The third kappa shape index (κ3) is 3.76. The Morgan fingerprint density at radius 3 is 2.48 bits per heavy atom. The Bertz CT molecular complexity index is 790. The molecule has 0 aliphatic carbocycles. The second-order valence-corrected chi connectivity index (χ2v) is 5.66. The topological polar surface area (TPSA) is 61.4 Å². The Morgan fingerprint density at radius 2 is 1.80 bits per heavy atom. The largest absolute Gasteiger partial charge is 0.374 e. The zero-order chi connectivity index (χ0) is 17.8. The summed E-state index contributed by atoms with van der Waals surface area (Å²) < 4.78 is 27.1. The van der Waals surface area contributed by atoms with Gasteiger partial charge >= 0.3 is 0 Å². The minimum atomic E-state index is -0.837. The van der Waals surface area contributed by atoms with Gasteiger partial charge < -0.3 is 15.5 Å². The summed E-state index contributed by atoms with van der Waals surface area (Å²) in [5.74, 6) is -2.23. The average Bonchev–Trinajstić information content (AvgIpc) is 3.02. The van der Waals surface area contributed by atoms with E-state index in [9.17, 15) is 18.4 Å². The van der Waals surface area contributed by atoms with Crippen LogP contribution >= 0.6 is 0 Å². The van der Waals surface area contributed by atoms with Crippen molar-refractivity contribution in [2.24, 2.45) is 0 Å². The lowest BCUT2D eigenvalue weighted by atomic mass is 10.2. The predicted octanol–water partition coefficient (Wildman–Crippen LogP) is 3.14. The molecule has 1 aliphatic rings. The second-order valence-electron chi connectivity index (χ2n) is 5.66. The normalized spacial score (nSPS) is 13.8. The fraction of sp³-hybridized carbons (Fsp3) is 0.222. The third-order valence-electron chi connectivity index (χ3n) is 3.93. The molecule has 0 spiro atoms. The Balaban J connectivity index is 1.68. The number of halogens is 2. The molecule has 2 aromatic carbocycles. The van der Waals surface area contributed by atoms with Gasteiger partial charge in [0.25, 0.3) is 0 Å². The molecule has 2 amide bonds. The van der Waals surface area contributed by atoms with Crippen molar-refractivity contribution in [3.63, 3.8) is 0 Å². The van der Waals surface area contributed by atoms with Crippen LogP contribution in [0.25, 0.3) is 0 Å². The summed E-state index contributed by atoms with van der Waals surface area (Å²) in [6, 6.07) is 10.5. The summed E-state index contributed by atoms with van der Waals surface area (Å²) in [7, 11) is 0. The predicted molar refractivity (Wildman–Crippen MR) is 91.5 cm³/mol. The van der Waals surface area contributed by atoms with E-state index in [-0.39, 0.29) is 12.5 Å². The monoisotopic (exact) mass is 345 g/mol. The molecule has 0 radical (unpaired) electrons. The van der Waals surface area contributed by atoms with Crippen molar-refractivity contribution in [2.75, 3.05) is 28.6 Å². The number of hydrogen-bond donors (Lipinski definition) is 2. The minimum absolute atomic E-state index is 0.0344. The van der Waals surface area contributed by atoms with Crippen LogP contribution in [-0.4, -0.2) is 24.9 Å². The molecule has 1 aliphatic heterocycles. The van der Waals surface area contributed by atoms with Gasteiger partial charge in [-0.05, 0) is 30.7 Å². The van der Waals surface area contributed by atoms with Gasteiger partial charge in [0.05, 0.1) is 17.9 Å². The van der Waals surface area contributed by atoms with Crippen LogP contribution in [0.15, 0.2) is 42.5 Å². The zero-order valence-corrected chi connectivity index (χ0v) is 13.4. The number of nitrogens with one attached hydrogen (secondary N) is 2. The molecule has 2 N–H and O–H groups in total. The number of benzene rings is 2. The lowest BCUT2D eigenvalue weighted by Gasteiger charge is -2.20. The molecule has 1 fully saturated rings. The van der Waals surface area contributed by atoms with Crippen LogP contribution in [0.5, 0.6) is 0 Å². The van der Waals surface area contributed by atoms with Crippen LogP contribution < -0.4 is 15.5 Å². The van der Waals surface area contributed by atoms with Crippen LogP contribution in [0.2, 0.25) is 0 Å². The van der Waals surface area contributed by atoms with Crippen LogP contribution in [0.4, 0.5) is 25.8 Å². The van der Waals surface area contributed by atoms with Gasteiger partial charge in [-0.15, -0.1) is 0 Å². The Hall–Kier alpha value is -2.96. The van der Waals surface area contributed by atoms with Gasteiger partial charge in [0.2, 0.25) is 11.8 Å². The molecule has 0 aromatic heterocycles. The number of para-hydroxylation sites is 3. The highest BCUT2D eigenvalue weighted by molar-refractivity contribution is 5.99. The molecule has 130 valence electrons. The van der Waals surface area contributed by atoms with Crippen molar-refractivity contribution in [3.05, 3.63) is 54.1 Å². The first-order chi connectivity index (χ1) is 12.1. The van der Waals surface area contributed by atoms with E-state index < -0.39 is 23.2 Å². The third-order valence-corrected chi connectivity index (χ3v) is 3.93. The number of anilines is 3. The highest BCUT2D eigenvalue weighted by atomic mass is 19.1. The van der Waals surface area contributed by atoms with Gasteiger partial charge in [0, 0.05) is 13.0 Å². The fourth-order valence-electron chi connectivity index (χ4n) is 2.74. The van der Waals surface area contributed by atoms with E-state index in [0.717, 1.165) is 18.6 Å². The number of carbonyl (C=O) groups excluding carboxylic acids is 2. The maximum absolute atomic E-state index is 13.6. The molecule has 7 heteroatoms. The summed E-state index contributed by atoms with van der Waals surface area (Å²) in [5.41, 5.74) is 0.828. The summed E-state index contributed by atoms with van der Waals surface area (Å²) in [4.78, 5) is 25.6. The van der Waals surface area contributed by atoms with E-state index in [4.69, 9.17) is 0 Å². The highest BCUT2D eigenvalue weighted by Gasteiger charge is 2.23. The van der Waals surface area contributed by atoms with Gasteiger partial charge in [-0.2, -0.15) is 0 Å². The first-order valence-electron chi connectivity index (χ1n) is 7.93. The van der Waals surface area contributed by atoms with Crippen molar-refractivity contribution in [1.29, 1.82) is 0 Å². The molecule has 25 heavy (non-hydrogen) atoms. The second kappa shape index (κ2) is 7.29. The van der Waals surface area contributed by atoms with E-state index in [0.29, 0.717) is 24.3 Å².